The van der Waals surface area contributed by atoms with E-state index in [1.54, 1.807) is 54.2 Å². The highest BCUT2D eigenvalue weighted by Gasteiger charge is 2.14. The van der Waals surface area contributed by atoms with Gasteiger partial charge < -0.3 is 16.0 Å². The van der Waals surface area contributed by atoms with E-state index in [1.165, 1.54) is 6.92 Å². The first-order valence-electron chi connectivity index (χ1n) is 7.12. The summed E-state index contributed by atoms with van der Waals surface area (Å²) in [5.41, 5.74) is 1.63. The Morgan fingerprint density at radius 3 is 1.88 bits per heavy atom. The standard InChI is InChI=1S/C17H17N3O3S/c1-11(21)18-12-6-8-13(9-7-12)19-16(22)17(23)20-14-4-3-5-15(10-14)24-2/h3-10H,1-2H3,(H,18,21)(H,19,22)(H,20,23). The van der Waals surface area contributed by atoms with Gasteiger partial charge in [-0.1, -0.05) is 6.07 Å². The number of rotatable bonds is 4. The number of hydrogen-bond acceptors (Lipinski definition) is 4. The zero-order chi connectivity index (χ0) is 17.5. The largest absolute Gasteiger partial charge is 0.326 e. The molecule has 0 heterocycles. The minimum Gasteiger partial charge on any atom is -0.326 e. The van der Waals surface area contributed by atoms with Crippen LogP contribution in [0.25, 0.3) is 0 Å². The van der Waals surface area contributed by atoms with Crippen LogP contribution in [0.4, 0.5) is 17.1 Å². The van der Waals surface area contributed by atoms with Gasteiger partial charge in [0.2, 0.25) is 5.91 Å². The Morgan fingerprint density at radius 2 is 1.33 bits per heavy atom. The van der Waals surface area contributed by atoms with Crippen molar-refractivity contribution in [2.75, 3.05) is 22.2 Å². The Morgan fingerprint density at radius 1 is 0.792 bits per heavy atom. The third-order valence-electron chi connectivity index (χ3n) is 3.00. The van der Waals surface area contributed by atoms with Crippen molar-refractivity contribution >= 4 is 46.5 Å². The van der Waals surface area contributed by atoms with E-state index in [2.05, 4.69) is 16.0 Å². The van der Waals surface area contributed by atoms with Crippen LogP contribution in [0, 0.1) is 0 Å². The first kappa shape index (κ1) is 17.6. The molecule has 0 aliphatic carbocycles. The Labute approximate surface area is 144 Å². The molecule has 0 aliphatic heterocycles. The third-order valence-corrected chi connectivity index (χ3v) is 3.72. The molecule has 0 aliphatic rings. The van der Waals surface area contributed by atoms with Crippen molar-refractivity contribution in [3.8, 4) is 0 Å². The number of benzene rings is 2. The van der Waals surface area contributed by atoms with Gasteiger partial charge in [-0.2, -0.15) is 0 Å². The van der Waals surface area contributed by atoms with E-state index in [0.29, 0.717) is 17.1 Å². The molecule has 0 atom stereocenters. The third kappa shape index (κ3) is 5.13. The molecule has 124 valence electrons. The molecule has 3 N–H and O–H groups in total. The van der Waals surface area contributed by atoms with Crippen LogP contribution in [0.15, 0.2) is 53.4 Å². The molecule has 2 rings (SSSR count). The topological polar surface area (TPSA) is 87.3 Å². The summed E-state index contributed by atoms with van der Waals surface area (Å²) in [6.45, 7) is 1.41. The second kappa shape index (κ2) is 8.16. The molecule has 0 fully saturated rings. The van der Waals surface area contributed by atoms with Gasteiger partial charge in [0.25, 0.3) is 0 Å². The zero-order valence-corrected chi connectivity index (χ0v) is 14.1. The predicted octanol–water partition coefficient (Wildman–Crippen LogP) is 2.94. The van der Waals surface area contributed by atoms with E-state index in [0.717, 1.165) is 4.90 Å². The van der Waals surface area contributed by atoms with Crippen LogP contribution < -0.4 is 16.0 Å². The molecule has 0 bridgehead atoms. The molecule has 0 spiro atoms. The molecule has 3 amide bonds. The van der Waals surface area contributed by atoms with Crippen LogP contribution in [-0.2, 0) is 14.4 Å². The molecule has 24 heavy (non-hydrogen) atoms. The van der Waals surface area contributed by atoms with Crippen LogP contribution in [0.3, 0.4) is 0 Å². The predicted molar refractivity (Wildman–Crippen MR) is 96.2 cm³/mol. The molecule has 0 unspecified atom stereocenters. The van der Waals surface area contributed by atoms with Crippen LogP contribution in [0.5, 0.6) is 0 Å². The van der Waals surface area contributed by atoms with E-state index in [-0.39, 0.29) is 5.91 Å². The van der Waals surface area contributed by atoms with Gasteiger partial charge in [0, 0.05) is 28.9 Å². The van der Waals surface area contributed by atoms with E-state index >= 15 is 0 Å². The lowest BCUT2D eigenvalue weighted by Gasteiger charge is -2.08. The van der Waals surface area contributed by atoms with Crippen molar-refractivity contribution in [3.63, 3.8) is 0 Å². The summed E-state index contributed by atoms with van der Waals surface area (Å²) in [5.74, 6) is -1.70. The first-order valence-corrected chi connectivity index (χ1v) is 8.34. The monoisotopic (exact) mass is 343 g/mol. The fourth-order valence-corrected chi connectivity index (χ4v) is 2.38. The maximum atomic E-state index is 11.9. The Hall–Kier alpha value is -2.80. The molecule has 2 aromatic rings. The minimum absolute atomic E-state index is 0.182. The Bertz CT molecular complexity index is 760. The second-order valence-corrected chi connectivity index (χ2v) is 5.78. The zero-order valence-electron chi connectivity index (χ0n) is 13.3. The minimum atomic E-state index is -0.767. The molecule has 6 nitrogen and oxygen atoms in total. The fraction of sp³-hybridized carbons (Fsp3) is 0.118. The first-order chi connectivity index (χ1) is 11.5. The number of anilines is 3. The average Bonchev–Trinajstić information content (AvgIpc) is 2.56. The lowest BCUT2D eigenvalue weighted by molar-refractivity contribution is -0.132. The van der Waals surface area contributed by atoms with Crippen LogP contribution in [0.1, 0.15) is 6.92 Å². The molecule has 0 saturated heterocycles. The SMILES string of the molecule is CSc1cccc(NC(=O)C(=O)Nc2ccc(NC(C)=O)cc2)c1. The normalized spacial score (nSPS) is 9.92. The van der Waals surface area contributed by atoms with Gasteiger partial charge in [-0.15, -0.1) is 11.8 Å². The van der Waals surface area contributed by atoms with Crippen molar-refractivity contribution in [2.24, 2.45) is 0 Å². The summed E-state index contributed by atoms with van der Waals surface area (Å²) in [4.78, 5) is 35.8. The summed E-state index contributed by atoms with van der Waals surface area (Å²) in [6.07, 6.45) is 1.93. The van der Waals surface area contributed by atoms with Gasteiger partial charge in [0.15, 0.2) is 0 Å². The van der Waals surface area contributed by atoms with Crippen LogP contribution >= 0.6 is 11.8 Å². The summed E-state index contributed by atoms with van der Waals surface area (Å²) in [5, 5.41) is 7.67. The number of nitrogens with one attached hydrogen (secondary N) is 3. The smallest absolute Gasteiger partial charge is 0.314 e. The molecule has 0 aromatic heterocycles. The summed E-state index contributed by atoms with van der Waals surface area (Å²) >= 11 is 1.54. The van der Waals surface area contributed by atoms with Crippen molar-refractivity contribution in [3.05, 3.63) is 48.5 Å². The van der Waals surface area contributed by atoms with Gasteiger partial charge in [-0.25, -0.2) is 0 Å². The van der Waals surface area contributed by atoms with Gasteiger partial charge >= 0.3 is 11.8 Å². The van der Waals surface area contributed by atoms with Gasteiger partial charge in [-0.3, -0.25) is 14.4 Å². The van der Waals surface area contributed by atoms with E-state index in [9.17, 15) is 14.4 Å². The lowest BCUT2D eigenvalue weighted by Crippen LogP contribution is -2.29. The molecule has 2 aromatic carbocycles. The average molecular weight is 343 g/mol. The molecule has 0 radical (unpaired) electrons. The number of carbonyl (C=O) groups is 3. The van der Waals surface area contributed by atoms with Gasteiger partial charge in [0.1, 0.15) is 0 Å². The van der Waals surface area contributed by atoms with Gasteiger partial charge in [-0.05, 0) is 48.7 Å². The highest BCUT2D eigenvalue weighted by atomic mass is 32.2. The number of thioether (sulfide) groups is 1. The highest BCUT2D eigenvalue weighted by molar-refractivity contribution is 7.98. The number of carbonyl (C=O) groups excluding carboxylic acids is 3. The van der Waals surface area contributed by atoms with Crippen molar-refractivity contribution in [2.45, 2.75) is 11.8 Å². The summed E-state index contributed by atoms with van der Waals surface area (Å²) < 4.78 is 0. The summed E-state index contributed by atoms with van der Waals surface area (Å²) in [7, 11) is 0. The van der Waals surface area contributed by atoms with Crippen LogP contribution in [0.2, 0.25) is 0 Å². The maximum Gasteiger partial charge on any atom is 0.314 e. The number of amides is 3. The highest BCUT2D eigenvalue weighted by Crippen LogP contribution is 2.19. The van der Waals surface area contributed by atoms with Crippen molar-refractivity contribution < 1.29 is 14.4 Å². The Kier molecular flexibility index (Phi) is 5.97. The van der Waals surface area contributed by atoms with Crippen molar-refractivity contribution in [1.29, 1.82) is 0 Å². The molecular formula is C17H17N3O3S. The maximum absolute atomic E-state index is 11.9. The Balaban J connectivity index is 1.95. The van der Waals surface area contributed by atoms with Crippen LogP contribution in [-0.4, -0.2) is 24.0 Å². The molecular weight excluding hydrogens is 326 g/mol. The van der Waals surface area contributed by atoms with E-state index in [1.807, 2.05) is 12.3 Å². The molecule has 7 heteroatoms. The lowest BCUT2D eigenvalue weighted by atomic mass is 10.2. The van der Waals surface area contributed by atoms with E-state index < -0.39 is 11.8 Å². The summed E-state index contributed by atoms with van der Waals surface area (Å²) in [6, 6.07) is 13.7. The van der Waals surface area contributed by atoms with Crippen molar-refractivity contribution in [1.82, 2.24) is 0 Å². The van der Waals surface area contributed by atoms with Gasteiger partial charge in [0.05, 0.1) is 0 Å². The number of hydrogen-bond donors (Lipinski definition) is 3. The fourth-order valence-electron chi connectivity index (χ4n) is 1.92. The second-order valence-electron chi connectivity index (χ2n) is 4.90. The quantitative estimate of drug-likeness (QED) is 0.588. The van der Waals surface area contributed by atoms with E-state index in [4.69, 9.17) is 0 Å². The molecule has 0 saturated carbocycles.